The van der Waals surface area contributed by atoms with Crippen molar-refractivity contribution in [1.29, 1.82) is 0 Å². The van der Waals surface area contributed by atoms with Gasteiger partial charge in [0.2, 0.25) is 0 Å². The number of fused-ring (bicyclic) bond motifs is 1. The molecule has 2 heterocycles. The normalized spacial score (nSPS) is 21.0. The van der Waals surface area contributed by atoms with Crippen LogP contribution >= 0.6 is 24.0 Å². The lowest BCUT2D eigenvalue weighted by molar-refractivity contribution is -0.0832. The average molecular weight is 435 g/mol. The van der Waals surface area contributed by atoms with E-state index in [0.29, 0.717) is 45.5 Å². The number of benzene rings is 1. The Morgan fingerprint density at radius 1 is 1.17 bits per heavy atom. The lowest BCUT2D eigenvalue weighted by Crippen LogP contribution is -2.32. The highest BCUT2D eigenvalue weighted by molar-refractivity contribution is 14.0. The monoisotopic (exact) mass is 435 g/mol. The molecular weight excluding hydrogens is 413 g/mol. The zero-order chi connectivity index (χ0) is 15.2. The Morgan fingerprint density at radius 2 is 2.00 bits per heavy atom. The summed E-state index contributed by atoms with van der Waals surface area (Å²) in [6.07, 6.45) is 0.850. The molecule has 2 aliphatic rings. The zero-order valence-electron chi connectivity index (χ0n) is 12.8. The molecule has 3 N–H and O–H groups in total. The fourth-order valence-electron chi connectivity index (χ4n) is 2.27. The number of rotatable bonds is 3. The van der Waals surface area contributed by atoms with Crippen molar-refractivity contribution in [2.45, 2.75) is 12.5 Å². The minimum absolute atomic E-state index is 0. The van der Waals surface area contributed by atoms with E-state index in [2.05, 4.69) is 10.3 Å². The number of hydrogen-bond donors (Lipinski definition) is 2. The van der Waals surface area contributed by atoms with Gasteiger partial charge in [0.1, 0.15) is 6.10 Å². The second-order valence-electron chi connectivity index (χ2n) is 5.13. The van der Waals surface area contributed by atoms with Crippen LogP contribution in [0.3, 0.4) is 0 Å². The highest BCUT2D eigenvalue weighted by Crippen LogP contribution is 2.32. The van der Waals surface area contributed by atoms with E-state index in [0.717, 1.165) is 23.6 Å². The van der Waals surface area contributed by atoms with E-state index in [4.69, 9.17) is 24.7 Å². The Balaban J connectivity index is 0.00000192. The van der Waals surface area contributed by atoms with Gasteiger partial charge in [0, 0.05) is 18.2 Å². The summed E-state index contributed by atoms with van der Waals surface area (Å²) >= 11 is 0. The number of guanidine groups is 1. The van der Waals surface area contributed by atoms with Crippen LogP contribution in [0.1, 0.15) is 6.42 Å². The van der Waals surface area contributed by atoms with E-state index < -0.39 is 0 Å². The van der Waals surface area contributed by atoms with E-state index >= 15 is 0 Å². The highest BCUT2D eigenvalue weighted by atomic mass is 127. The van der Waals surface area contributed by atoms with Gasteiger partial charge in [0.25, 0.3) is 0 Å². The maximum absolute atomic E-state index is 5.90. The van der Waals surface area contributed by atoms with Gasteiger partial charge in [-0.15, -0.1) is 24.0 Å². The minimum atomic E-state index is -0.0297. The van der Waals surface area contributed by atoms with Crippen molar-refractivity contribution in [2.75, 3.05) is 44.9 Å². The predicted octanol–water partition coefficient (Wildman–Crippen LogP) is 1.61. The zero-order valence-corrected chi connectivity index (χ0v) is 15.2. The van der Waals surface area contributed by atoms with Crippen LogP contribution in [0, 0.1) is 0 Å². The molecule has 0 amide bonds. The van der Waals surface area contributed by atoms with Crippen LogP contribution in [-0.2, 0) is 9.47 Å². The Kier molecular flexibility index (Phi) is 7.18. The molecule has 7 nitrogen and oxygen atoms in total. The predicted molar refractivity (Wildman–Crippen MR) is 98.1 cm³/mol. The van der Waals surface area contributed by atoms with Crippen LogP contribution < -0.4 is 20.5 Å². The van der Waals surface area contributed by atoms with Gasteiger partial charge in [-0.05, 0) is 12.1 Å². The van der Waals surface area contributed by atoms with Gasteiger partial charge in [-0.3, -0.25) is 4.99 Å². The van der Waals surface area contributed by atoms with E-state index in [9.17, 15) is 0 Å². The van der Waals surface area contributed by atoms with Crippen LogP contribution in [-0.4, -0.2) is 51.6 Å². The van der Waals surface area contributed by atoms with Crippen LogP contribution in [0.15, 0.2) is 23.2 Å². The molecule has 2 aliphatic heterocycles. The van der Waals surface area contributed by atoms with Crippen molar-refractivity contribution in [1.82, 2.24) is 0 Å². The standard InChI is InChI=1S/C15H21N3O4.HI/c16-15(17-9-12-10-19-6-7-20-12)18-11-2-3-13-14(8-11)22-5-1-4-21-13;/h2-3,8,12H,1,4-7,9-10H2,(H3,16,17,18);1H. The van der Waals surface area contributed by atoms with Crippen molar-refractivity contribution < 1.29 is 18.9 Å². The molecule has 0 bridgehead atoms. The summed E-state index contributed by atoms with van der Waals surface area (Å²) in [4.78, 5) is 4.28. The number of hydrogen-bond acceptors (Lipinski definition) is 5. The Morgan fingerprint density at radius 3 is 2.78 bits per heavy atom. The molecule has 1 saturated heterocycles. The minimum Gasteiger partial charge on any atom is -0.490 e. The molecule has 0 aliphatic carbocycles. The summed E-state index contributed by atoms with van der Waals surface area (Å²) in [6.45, 7) is 3.61. The largest absolute Gasteiger partial charge is 0.490 e. The number of ether oxygens (including phenoxy) is 4. The molecule has 3 rings (SSSR count). The quantitative estimate of drug-likeness (QED) is 0.426. The van der Waals surface area contributed by atoms with Crippen LogP contribution in [0.4, 0.5) is 5.69 Å². The van der Waals surface area contributed by atoms with Gasteiger partial charge in [0.15, 0.2) is 17.5 Å². The third-order valence-corrected chi connectivity index (χ3v) is 3.37. The van der Waals surface area contributed by atoms with Gasteiger partial charge in [0.05, 0.1) is 39.6 Å². The fraction of sp³-hybridized carbons (Fsp3) is 0.533. The number of nitrogens with one attached hydrogen (secondary N) is 1. The molecule has 0 radical (unpaired) electrons. The van der Waals surface area contributed by atoms with E-state index in [1.807, 2.05) is 18.2 Å². The van der Waals surface area contributed by atoms with Crippen molar-refractivity contribution in [3.63, 3.8) is 0 Å². The van der Waals surface area contributed by atoms with Crippen molar-refractivity contribution in [3.05, 3.63) is 18.2 Å². The molecule has 0 aromatic heterocycles. The summed E-state index contributed by atoms with van der Waals surface area (Å²) in [6, 6.07) is 5.62. The van der Waals surface area contributed by atoms with Gasteiger partial charge in [-0.1, -0.05) is 0 Å². The molecule has 1 unspecified atom stereocenters. The van der Waals surface area contributed by atoms with Crippen molar-refractivity contribution in [2.24, 2.45) is 10.7 Å². The molecule has 0 saturated carbocycles. The summed E-state index contributed by atoms with van der Waals surface area (Å²) in [5, 5.41) is 3.05. The molecule has 1 atom stereocenters. The Labute approximate surface area is 152 Å². The van der Waals surface area contributed by atoms with E-state index in [-0.39, 0.29) is 30.1 Å². The van der Waals surface area contributed by atoms with Gasteiger partial charge < -0.3 is 30.0 Å². The molecule has 1 fully saturated rings. The molecule has 0 spiro atoms. The first-order valence-corrected chi connectivity index (χ1v) is 7.47. The number of nitrogens with two attached hydrogens (primary N) is 1. The van der Waals surface area contributed by atoms with Gasteiger partial charge >= 0.3 is 0 Å². The third-order valence-electron chi connectivity index (χ3n) is 3.37. The summed E-state index contributed by atoms with van der Waals surface area (Å²) < 4.78 is 22.1. The molecule has 128 valence electrons. The third kappa shape index (κ3) is 5.40. The average Bonchev–Trinajstić information content (AvgIpc) is 2.79. The van der Waals surface area contributed by atoms with Crippen molar-refractivity contribution in [3.8, 4) is 11.5 Å². The summed E-state index contributed by atoms with van der Waals surface area (Å²) in [5.74, 6) is 1.81. The molecule has 8 heteroatoms. The van der Waals surface area contributed by atoms with E-state index in [1.54, 1.807) is 0 Å². The van der Waals surface area contributed by atoms with Crippen LogP contribution in [0.2, 0.25) is 0 Å². The number of anilines is 1. The maximum Gasteiger partial charge on any atom is 0.193 e. The first-order valence-electron chi connectivity index (χ1n) is 7.47. The first-order chi connectivity index (χ1) is 10.8. The number of halogens is 1. The number of nitrogens with zero attached hydrogens (tertiary/aromatic N) is 1. The molecule has 1 aromatic carbocycles. The molecule has 23 heavy (non-hydrogen) atoms. The van der Waals surface area contributed by atoms with Gasteiger partial charge in [-0.25, -0.2) is 0 Å². The maximum atomic E-state index is 5.90. The Hall–Kier alpha value is -1.26. The summed E-state index contributed by atoms with van der Waals surface area (Å²) in [5.41, 5.74) is 6.71. The topological polar surface area (TPSA) is 87.3 Å². The van der Waals surface area contributed by atoms with Crippen LogP contribution in [0.25, 0.3) is 0 Å². The molecular formula is C15H22IN3O4. The van der Waals surface area contributed by atoms with E-state index in [1.165, 1.54) is 0 Å². The van der Waals surface area contributed by atoms with Crippen molar-refractivity contribution >= 4 is 35.6 Å². The molecule has 1 aromatic rings. The fourth-order valence-corrected chi connectivity index (χ4v) is 2.27. The van der Waals surface area contributed by atoms with Gasteiger partial charge in [-0.2, -0.15) is 0 Å². The smallest absolute Gasteiger partial charge is 0.193 e. The summed E-state index contributed by atoms with van der Waals surface area (Å²) in [7, 11) is 0. The number of aliphatic imine (C=N–C) groups is 1. The Bertz CT molecular complexity index is 535. The SMILES string of the molecule is I.NC(=NCC1COCCO1)Nc1ccc2c(c1)OCCCO2. The highest BCUT2D eigenvalue weighted by Gasteiger charge is 2.14. The lowest BCUT2D eigenvalue weighted by Gasteiger charge is -2.21. The first kappa shape index (κ1) is 18.1. The second kappa shape index (κ2) is 9.14. The second-order valence-corrected chi connectivity index (χ2v) is 5.13. The lowest BCUT2D eigenvalue weighted by atomic mass is 10.3. The van der Waals surface area contributed by atoms with Crippen LogP contribution in [0.5, 0.6) is 11.5 Å².